The highest BCUT2D eigenvalue weighted by Crippen LogP contribution is 2.46. The predicted octanol–water partition coefficient (Wildman–Crippen LogP) is 3.42. The van der Waals surface area contributed by atoms with Gasteiger partial charge >= 0.3 is 0 Å². The minimum Gasteiger partial charge on any atom is -0.369 e. The largest absolute Gasteiger partial charge is 0.369 e. The number of hydrogen-bond donors (Lipinski definition) is 2. The number of thiophene rings is 1. The first kappa shape index (κ1) is 19.9. The van der Waals surface area contributed by atoms with Crippen LogP contribution in [0.15, 0.2) is 36.4 Å². The maximum atomic E-state index is 6.48. The molecule has 160 valence electrons. The monoisotopic (exact) mass is 423 g/mol. The minimum absolute atomic E-state index is 0.100. The second-order valence-corrected chi connectivity index (χ2v) is 10.6. The number of piperazine rings is 1. The molecule has 2 saturated heterocycles. The Balaban J connectivity index is 1.47. The van der Waals surface area contributed by atoms with E-state index in [9.17, 15) is 0 Å². The number of hydrogen-bond acceptors (Lipinski definition) is 6. The Morgan fingerprint density at radius 3 is 2.50 bits per heavy atom. The van der Waals surface area contributed by atoms with E-state index >= 15 is 0 Å². The predicted molar refractivity (Wildman–Crippen MR) is 128 cm³/mol. The Morgan fingerprint density at radius 2 is 1.83 bits per heavy atom. The van der Waals surface area contributed by atoms with E-state index in [2.05, 4.69) is 77.3 Å². The summed E-state index contributed by atoms with van der Waals surface area (Å²) in [7, 11) is 2.23. The Kier molecular flexibility index (Phi) is 5.04. The van der Waals surface area contributed by atoms with Gasteiger partial charge in [0.1, 0.15) is 0 Å². The van der Waals surface area contributed by atoms with Crippen molar-refractivity contribution in [2.75, 3.05) is 56.1 Å². The summed E-state index contributed by atoms with van der Waals surface area (Å²) >= 11 is 1.90. The van der Waals surface area contributed by atoms with E-state index in [4.69, 9.17) is 5.73 Å². The van der Waals surface area contributed by atoms with E-state index < -0.39 is 0 Å². The van der Waals surface area contributed by atoms with Crippen molar-refractivity contribution in [2.45, 2.75) is 31.8 Å². The molecule has 30 heavy (non-hydrogen) atoms. The molecule has 6 heteroatoms. The van der Waals surface area contributed by atoms with Crippen LogP contribution in [0.5, 0.6) is 0 Å². The quantitative estimate of drug-likeness (QED) is 0.792. The van der Waals surface area contributed by atoms with Crippen molar-refractivity contribution in [1.82, 2.24) is 10.2 Å². The van der Waals surface area contributed by atoms with Crippen LogP contribution in [0.25, 0.3) is 5.70 Å². The topological polar surface area (TPSA) is 47.8 Å². The van der Waals surface area contributed by atoms with Gasteiger partial charge < -0.3 is 25.8 Å². The maximum absolute atomic E-state index is 6.48. The number of aryl methyl sites for hydroxylation is 1. The van der Waals surface area contributed by atoms with E-state index in [0.717, 1.165) is 45.7 Å². The standard InChI is InChI=1S/C24H33N5S/c1-17-14-21-23(30-17)22(29-11-8-24(2,25)16-29)15-20(27(21)3)18-4-6-19(7-5-18)28-12-9-26-10-13-28/h4-7,14-15,20,26H,8-13,16,25H2,1-3H3. The molecule has 0 spiro atoms. The number of benzene rings is 1. The lowest BCUT2D eigenvalue weighted by atomic mass is 9.98. The van der Waals surface area contributed by atoms with Crippen molar-refractivity contribution >= 4 is 28.4 Å². The number of nitrogens with zero attached hydrogens (tertiary/aromatic N) is 3. The molecule has 4 heterocycles. The summed E-state index contributed by atoms with van der Waals surface area (Å²) in [6.45, 7) is 10.6. The first-order valence-electron chi connectivity index (χ1n) is 11.1. The normalized spacial score (nSPS) is 26.7. The molecular formula is C24H33N5S. The van der Waals surface area contributed by atoms with Gasteiger partial charge in [0.25, 0.3) is 0 Å². The molecule has 5 nitrogen and oxygen atoms in total. The van der Waals surface area contributed by atoms with Crippen molar-refractivity contribution in [3.8, 4) is 0 Å². The van der Waals surface area contributed by atoms with Crippen LogP contribution in [0.3, 0.4) is 0 Å². The summed E-state index contributed by atoms with van der Waals surface area (Å²) < 4.78 is 0. The Hall–Kier alpha value is -2.02. The maximum Gasteiger partial charge on any atom is 0.0747 e. The van der Waals surface area contributed by atoms with Gasteiger partial charge in [-0.2, -0.15) is 0 Å². The van der Waals surface area contributed by atoms with Crippen LogP contribution >= 0.6 is 11.3 Å². The lowest BCUT2D eigenvalue weighted by Crippen LogP contribution is -2.43. The van der Waals surface area contributed by atoms with E-state index in [0.29, 0.717) is 0 Å². The summed E-state index contributed by atoms with van der Waals surface area (Å²) in [5.41, 5.74) is 11.8. The highest BCUT2D eigenvalue weighted by atomic mass is 32.1. The van der Waals surface area contributed by atoms with Crippen LogP contribution in [0.2, 0.25) is 0 Å². The van der Waals surface area contributed by atoms with E-state index in [1.807, 2.05) is 11.3 Å². The summed E-state index contributed by atoms with van der Waals surface area (Å²) in [4.78, 5) is 10.2. The highest BCUT2D eigenvalue weighted by molar-refractivity contribution is 7.13. The summed E-state index contributed by atoms with van der Waals surface area (Å²) in [5.74, 6) is 0. The van der Waals surface area contributed by atoms with Crippen molar-refractivity contribution in [3.63, 3.8) is 0 Å². The van der Waals surface area contributed by atoms with Gasteiger partial charge in [0.15, 0.2) is 0 Å². The van der Waals surface area contributed by atoms with Gasteiger partial charge in [-0.15, -0.1) is 11.3 Å². The number of nitrogens with one attached hydrogen (secondary N) is 1. The average molecular weight is 424 g/mol. The molecule has 0 bridgehead atoms. The van der Waals surface area contributed by atoms with Crippen LogP contribution < -0.4 is 20.9 Å². The van der Waals surface area contributed by atoms with E-state index in [1.54, 1.807) is 0 Å². The van der Waals surface area contributed by atoms with Gasteiger partial charge in [-0.3, -0.25) is 0 Å². The van der Waals surface area contributed by atoms with Gasteiger partial charge in [-0.25, -0.2) is 0 Å². The molecule has 3 aliphatic rings. The van der Waals surface area contributed by atoms with Gasteiger partial charge in [-0.05, 0) is 50.1 Å². The van der Waals surface area contributed by atoms with Crippen LogP contribution in [-0.2, 0) is 0 Å². The zero-order chi connectivity index (χ0) is 20.9. The van der Waals surface area contributed by atoms with Crippen molar-refractivity contribution in [2.24, 2.45) is 5.73 Å². The Labute approximate surface area is 184 Å². The Morgan fingerprint density at radius 1 is 1.10 bits per heavy atom. The number of likely N-dealkylation sites (N-methyl/N-ethyl adjacent to an activating group) is 1. The Bertz CT molecular complexity index is 939. The molecular weight excluding hydrogens is 390 g/mol. The van der Waals surface area contributed by atoms with E-state index in [1.165, 1.54) is 32.4 Å². The van der Waals surface area contributed by atoms with Gasteiger partial charge in [0, 0.05) is 62.4 Å². The first-order valence-corrected chi connectivity index (χ1v) is 11.9. The molecule has 2 atom stereocenters. The first-order chi connectivity index (χ1) is 14.4. The molecule has 1 aromatic heterocycles. The zero-order valence-corrected chi connectivity index (χ0v) is 19.1. The van der Waals surface area contributed by atoms with Crippen molar-refractivity contribution < 1.29 is 0 Å². The van der Waals surface area contributed by atoms with Crippen LogP contribution in [0.4, 0.5) is 11.4 Å². The number of nitrogens with two attached hydrogens (primary N) is 1. The van der Waals surface area contributed by atoms with Crippen molar-refractivity contribution in [1.29, 1.82) is 0 Å². The van der Waals surface area contributed by atoms with Gasteiger partial charge in [-0.1, -0.05) is 12.1 Å². The van der Waals surface area contributed by atoms with Crippen LogP contribution in [0, 0.1) is 6.92 Å². The summed E-state index contributed by atoms with van der Waals surface area (Å²) in [6.07, 6.45) is 3.50. The smallest absolute Gasteiger partial charge is 0.0747 e. The SMILES string of the molecule is Cc1cc2c(s1)C(N1CCC(C)(N)C1)=CC(c1ccc(N3CCNCC3)cc1)N2C. The molecule has 5 rings (SSSR count). The van der Waals surface area contributed by atoms with Gasteiger partial charge in [0.2, 0.25) is 0 Å². The third-order valence-electron chi connectivity index (χ3n) is 6.74. The molecule has 2 aromatic rings. The van der Waals surface area contributed by atoms with Gasteiger partial charge in [0.05, 0.1) is 22.3 Å². The molecule has 0 aliphatic carbocycles. The molecule has 1 aromatic carbocycles. The van der Waals surface area contributed by atoms with Crippen molar-refractivity contribution in [3.05, 3.63) is 51.7 Å². The third kappa shape index (κ3) is 3.61. The van der Waals surface area contributed by atoms with Crippen LogP contribution in [0.1, 0.15) is 34.7 Å². The lowest BCUT2D eigenvalue weighted by Gasteiger charge is -2.36. The second kappa shape index (κ2) is 7.59. The second-order valence-electron chi connectivity index (χ2n) is 9.33. The number of fused-ring (bicyclic) bond motifs is 1. The molecule has 0 radical (unpaired) electrons. The molecule has 0 saturated carbocycles. The molecule has 0 amide bonds. The highest BCUT2D eigenvalue weighted by Gasteiger charge is 2.36. The molecule has 2 fully saturated rings. The van der Waals surface area contributed by atoms with Crippen LogP contribution in [-0.4, -0.2) is 56.8 Å². The molecule has 2 unspecified atom stereocenters. The minimum atomic E-state index is -0.100. The lowest BCUT2D eigenvalue weighted by molar-refractivity contribution is 0.433. The fourth-order valence-corrected chi connectivity index (χ4v) is 6.10. The number of anilines is 2. The summed E-state index contributed by atoms with van der Waals surface area (Å²) in [5, 5.41) is 3.43. The third-order valence-corrected chi connectivity index (χ3v) is 7.81. The number of rotatable bonds is 3. The molecule has 3 N–H and O–H groups in total. The summed E-state index contributed by atoms with van der Waals surface area (Å²) in [6, 6.07) is 11.8. The molecule has 3 aliphatic heterocycles. The fraction of sp³-hybridized carbons (Fsp3) is 0.500. The fourth-order valence-electron chi connectivity index (χ4n) is 5.00. The average Bonchev–Trinajstić information content (AvgIpc) is 3.31. The van der Waals surface area contributed by atoms with E-state index in [-0.39, 0.29) is 11.6 Å². The number of likely N-dealkylation sites (tertiary alicyclic amines) is 1. The zero-order valence-electron chi connectivity index (χ0n) is 18.3.